The number of piperidine rings is 1. The minimum atomic E-state index is -3.67. The van der Waals surface area contributed by atoms with Gasteiger partial charge in [-0.05, 0) is 37.0 Å². The minimum Gasteiger partial charge on any atom is -0.396 e. The largest absolute Gasteiger partial charge is 0.396 e. The zero-order chi connectivity index (χ0) is 14.8. The molecule has 0 amide bonds. The van der Waals surface area contributed by atoms with Gasteiger partial charge in [0.2, 0.25) is 10.0 Å². The summed E-state index contributed by atoms with van der Waals surface area (Å²) in [5, 5.41) is 0. The molecule has 2 rings (SSSR count). The summed E-state index contributed by atoms with van der Waals surface area (Å²) in [5.41, 5.74) is 5.32. The Morgan fingerprint density at radius 2 is 2.25 bits per heavy atom. The number of hydrogen-bond acceptors (Lipinski definition) is 4. The van der Waals surface area contributed by atoms with Crippen LogP contribution in [-0.4, -0.2) is 39.5 Å². The number of sulfonamides is 1. The lowest BCUT2D eigenvalue weighted by atomic mass is 10.0. The van der Waals surface area contributed by atoms with E-state index < -0.39 is 15.8 Å². The molecule has 20 heavy (non-hydrogen) atoms. The third kappa shape index (κ3) is 3.11. The summed E-state index contributed by atoms with van der Waals surface area (Å²) in [7, 11) is -2.07. The van der Waals surface area contributed by atoms with Crippen molar-refractivity contribution in [3.8, 4) is 0 Å². The Kier molecular flexibility index (Phi) is 4.62. The standard InChI is InChI=1S/C13H19FN2O3S/c1-19-9-10-3-2-6-16(8-10)20(17,18)11-4-5-13(15)12(14)7-11/h4-5,7,10H,2-3,6,8-9,15H2,1H3. The average molecular weight is 302 g/mol. The van der Waals surface area contributed by atoms with Gasteiger partial charge in [0, 0.05) is 20.2 Å². The maximum absolute atomic E-state index is 13.4. The van der Waals surface area contributed by atoms with E-state index in [1.807, 2.05) is 0 Å². The quantitative estimate of drug-likeness (QED) is 0.855. The lowest BCUT2D eigenvalue weighted by molar-refractivity contribution is 0.118. The van der Waals surface area contributed by atoms with Crippen LogP contribution in [0.5, 0.6) is 0 Å². The van der Waals surface area contributed by atoms with Crippen molar-refractivity contribution in [2.75, 3.05) is 32.5 Å². The Bertz CT molecular complexity index is 575. The molecule has 7 heteroatoms. The summed E-state index contributed by atoms with van der Waals surface area (Å²) in [4.78, 5) is -0.0535. The van der Waals surface area contributed by atoms with Crippen molar-refractivity contribution in [2.24, 2.45) is 5.92 Å². The molecule has 2 N–H and O–H groups in total. The second-order valence-corrected chi connectivity index (χ2v) is 6.95. The van der Waals surface area contributed by atoms with Gasteiger partial charge in [0.15, 0.2) is 0 Å². The van der Waals surface area contributed by atoms with Crippen molar-refractivity contribution >= 4 is 15.7 Å². The highest BCUT2D eigenvalue weighted by Gasteiger charge is 2.30. The SMILES string of the molecule is COCC1CCCN(S(=O)(=O)c2ccc(N)c(F)c2)C1. The number of nitrogen functional groups attached to an aromatic ring is 1. The second-order valence-electron chi connectivity index (χ2n) is 5.01. The van der Waals surface area contributed by atoms with Crippen LogP contribution in [0.3, 0.4) is 0 Å². The molecule has 1 fully saturated rings. The summed E-state index contributed by atoms with van der Waals surface area (Å²) < 4.78 is 44.9. The summed E-state index contributed by atoms with van der Waals surface area (Å²) in [6, 6.07) is 3.59. The summed E-state index contributed by atoms with van der Waals surface area (Å²) in [5.74, 6) is -0.529. The Balaban J connectivity index is 2.23. The highest BCUT2D eigenvalue weighted by molar-refractivity contribution is 7.89. The molecule has 0 bridgehead atoms. The molecule has 1 heterocycles. The first-order valence-corrected chi connectivity index (χ1v) is 7.93. The van der Waals surface area contributed by atoms with Gasteiger partial charge >= 0.3 is 0 Å². The van der Waals surface area contributed by atoms with Gasteiger partial charge in [0.25, 0.3) is 0 Å². The monoisotopic (exact) mass is 302 g/mol. The molecular weight excluding hydrogens is 283 g/mol. The molecule has 1 unspecified atom stereocenters. The van der Waals surface area contributed by atoms with E-state index in [9.17, 15) is 12.8 Å². The van der Waals surface area contributed by atoms with E-state index in [0.29, 0.717) is 19.7 Å². The predicted molar refractivity (Wildman–Crippen MR) is 74.2 cm³/mol. The highest BCUT2D eigenvalue weighted by atomic mass is 32.2. The molecule has 1 saturated heterocycles. The summed E-state index contributed by atoms with van der Waals surface area (Å²) >= 11 is 0. The maximum Gasteiger partial charge on any atom is 0.243 e. The number of hydrogen-bond donors (Lipinski definition) is 1. The fourth-order valence-corrected chi connectivity index (χ4v) is 4.00. The molecule has 1 aromatic rings. The van der Waals surface area contributed by atoms with E-state index in [1.54, 1.807) is 7.11 Å². The number of nitrogens with zero attached hydrogens (tertiary/aromatic N) is 1. The fourth-order valence-electron chi connectivity index (χ4n) is 2.43. The first-order valence-electron chi connectivity index (χ1n) is 6.49. The molecule has 0 aromatic heterocycles. The van der Waals surface area contributed by atoms with Gasteiger partial charge in [-0.3, -0.25) is 0 Å². The third-order valence-corrected chi connectivity index (χ3v) is 5.35. The highest BCUT2D eigenvalue weighted by Crippen LogP contribution is 2.25. The van der Waals surface area contributed by atoms with E-state index in [4.69, 9.17) is 10.5 Å². The van der Waals surface area contributed by atoms with E-state index in [2.05, 4.69) is 0 Å². The molecule has 0 aliphatic carbocycles. The summed E-state index contributed by atoms with van der Waals surface area (Å²) in [6.07, 6.45) is 1.72. The zero-order valence-corrected chi connectivity index (χ0v) is 12.2. The van der Waals surface area contributed by atoms with Gasteiger partial charge in [-0.15, -0.1) is 0 Å². The van der Waals surface area contributed by atoms with E-state index in [-0.39, 0.29) is 16.5 Å². The predicted octanol–water partition coefficient (Wildman–Crippen LogP) is 1.45. The number of halogens is 1. The van der Waals surface area contributed by atoms with Crippen molar-refractivity contribution in [1.82, 2.24) is 4.31 Å². The molecule has 0 saturated carbocycles. The normalized spacial score (nSPS) is 21.0. The number of ether oxygens (including phenoxy) is 1. The van der Waals surface area contributed by atoms with E-state index in [1.165, 1.54) is 16.4 Å². The van der Waals surface area contributed by atoms with E-state index in [0.717, 1.165) is 18.9 Å². The molecule has 5 nitrogen and oxygen atoms in total. The van der Waals surface area contributed by atoms with Crippen LogP contribution in [0.25, 0.3) is 0 Å². The number of rotatable bonds is 4. The Hall–Kier alpha value is -1.18. The van der Waals surface area contributed by atoms with Crippen LogP contribution in [-0.2, 0) is 14.8 Å². The van der Waals surface area contributed by atoms with Crippen molar-refractivity contribution < 1.29 is 17.5 Å². The van der Waals surface area contributed by atoms with Crippen molar-refractivity contribution in [3.05, 3.63) is 24.0 Å². The van der Waals surface area contributed by atoms with Crippen molar-refractivity contribution in [2.45, 2.75) is 17.7 Å². The van der Waals surface area contributed by atoms with Gasteiger partial charge in [0.1, 0.15) is 5.82 Å². The fraction of sp³-hybridized carbons (Fsp3) is 0.538. The van der Waals surface area contributed by atoms with Crippen molar-refractivity contribution in [1.29, 1.82) is 0 Å². The van der Waals surface area contributed by atoms with Gasteiger partial charge in [-0.1, -0.05) is 0 Å². The Morgan fingerprint density at radius 1 is 1.50 bits per heavy atom. The molecule has 1 aliphatic heterocycles. The molecule has 0 spiro atoms. The Morgan fingerprint density at radius 3 is 2.90 bits per heavy atom. The van der Waals surface area contributed by atoms with Crippen LogP contribution in [0.1, 0.15) is 12.8 Å². The molecule has 1 atom stereocenters. The van der Waals surface area contributed by atoms with Gasteiger partial charge in [-0.25, -0.2) is 12.8 Å². The smallest absolute Gasteiger partial charge is 0.243 e. The number of methoxy groups -OCH3 is 1. The molecular formula is C13H19FN2O3S. The third-order valence-electron chi connectivity index (χ3n) is 3.49. The lowest BCUT2D eigenvalue weighted by Gasteiger charge is -2.31. The van der Waals surface area contributed by atoms with Crippen molar-refractivity contribution in [3.63, 3.8) is 0 Å². The zero-order valence-electron chi connectivity index (χ0n) is 11.4. The van der Waals surface area contributed by atoms with E-state index >= 15 is 0 Å². The van der Waals surface area contributed by atoms with Crippen LogP contribution >= 0.6 is 0 Å². The number of anilines is 1. The first kappa shape index (κ1) is 15.2. The topological polar surface area (TPSA) is 72.6 Å². The lowest BCUT2D eigenvalue weighted by Crippen LogP contribution is -2.41. The molecule has 1 aliphatic rings. The van der Waals surface area contributed by atoms with Crippen LogP contribution in [0, 0.1) is 11.7 Å². The summed E-state index contributed by atoms with van der Waals surface area (Å²) in [6.45, 7) is 1.39. The maximum atomic E-state index is 13.4. The van der Waals surface area contributed by atoms with Crippen LogP contribution in [0.4, 0.5) is 10.1 Å². The van der Waals surface area contributed by atoms with Crippen LogP contribution < -0.4 is 5.73 Å². The molecule has 112 valence electrons. The Labute approximate surface area is 118 Å². The van der Waals surface area contributed by atoms with Gasteiger partial charge in [-0.2, -0.15) is 4.31 Å². The molecule has 0 radical (unpaired) electrons. The van der Waals surface area contributed by atoms with Crippen LogP contribution in [0.2, 0.25) is 0 Å². The average Bonchev–Trinajstić information content (AvgIpc) is 2.42. The molecule has 1 aromatic carbocycles. The number of nitrogens with two attached hydrogens (primary N) is 1. The minimum absolute atomic E-state index is 0.0535. The van der Waals surface area contributed by atoms with Gasteiger partial charge in [0.05, 0.1) is 17.2 Å². The second kappa shape index (κ2) is 6.07. The van der Waals surface area contributed by atoms with Gasteiger partial charge < -0.3 is 10.5 Å². The first-order chi connectivity index (χ1) is 9.45. The number of benzene rings is 1. The van der Waals surface area contributed by atoms with Crippen LogP contribution in [0.15, 0.2) is 23.1 Å².